The number of esters is 1. The van der Waals surface area contributed by atoms with Gasteiger partial charge >= 0.3 is 5.97 Å². The van der Waals surface area contributed by atoms with E-state index < -0.39 is 0 Å². The Bertz CT molecular complexity index is 627. The number of carbonyl (C=O) groups excluding carboxylic acids is 3. The number of nitrogens with one attached hydrogen (secondary N) is 1. The number of amides is 2. The van der Waals surface area contributed by atoms with Crippen molar-refractivity contribution in [3.05, 3.63) is 35.4 Å². The van der Waals surface area contributed by atoms with Crippen LogP contribution in [0.1, 0.15) is 43.2 Å². The second kappa shape index (κ2) is 8.65. The monoisotopic (exact) mass is 346 g/mol. The van der Waals surface area contributed by atoms with Crippen molar-refractivity contribution in [3.63, 3.8) is 0 Å². The fraction of sp³-hybridized carbons (Fsp3) is 0.526. The molecule has 1 aliphatic heterocycles. The first kappa shape index (κ1) is 19.0. The van der Waals surface area contributed by atoms with Gasteiger partial charge in [0, 0.05) is 38.8 Å². The van der Waals surface area contributed by atoms with Crippen molar-refractivity contribution < 1.29 is 19.1 Å². The van der Waals surface area contributed by atoms with Gasteiger partial charge in [-0.15, -0.1) is 0 Å². The summed E-state index contributed by atoms with van der Waals surface area (Å²) >= 11 is 0. The number of ether oxygens (including phenoxy) is 1. The minimum Gasteiger partial charge on any atom is -0.469 e. The maximum Gasteiger partial charge on any atom is 0.305 e. The van der Waals surface area contributed by atoms with Crippen molar-refractivity contribution in [2.24, 2.45) is 0 Å². The molecule has 1 aliphatic rings. The van der Waals surface area contributed by atoms with Crippen molar-refractivity contribution in [1.82, 2.24) is 10.2 Å². The molecule has 1 fully saturated rings. The minimum absolute atomic E-state index is 0.00821. The van der Waals surface area contributed by atoms with Gasteiger partial charge in [-0.1, -0.05) is 29.8 Å². The van der Waals surface area contributed by atoms with Gasteiger partial charge in [-0.3, -0.25) is 14.4 Å². The molecule has 2 rings (SSSR count). The Kier molecular flexibility index (Phi) is 6.56. The summed E-state index contributed by atoms with van der Waals surface area (Å²) in [4.78, 5) is 36.9. The third-order valence-corrected chi connectivity index (χ3v) is 4.57. The normalized spacial score (nSPS) is 19.6. The van der Waals surface area contributed by atoms with Crippen LogP contribution in [0.3, 0.4) is 0 Å². The molecular weight excluding hydrogens is 320 g/mol. The van der Waals surface area contributed by atoms with Gasteiger partial charge in [0.1, 0.15) is 0 Å². The number of rotatable bonds is 6. The van der Waals surface area contributed by atoms with Crippen LogP contribution in [0.15, 0.2) is 24.3 Å². The molecule has 0 aliphatic carbocycles. The third-order valence-electron chi connectivity index (χ3n) is 4.57. The number of hydrogen-bond acceptors (Lipinski definition) is 4. The van der Waals surface area contributed by atoms with E-state index in [4.69, 9.17) is 0 Å². The summed E-state index contributed by atoms with van der Waals surface area (Å²) in [5, 5.41) is 2.97. The van der Waals surface area contributed by atoms with E-state index in [-0.39, 0.29) is 36.2 Å². The van der Waals surface area contributed by atoms with Crippen molar-refractivity contribution in [1.29, 1.82) is 0 Å². The lowest BCUT2D eigenvalue weighted by atomic mass is 9.93. The molecule has 25 heavy (non-hydrogen) atoms. The van der Waals surface area contributed by atoms with Crippen LogP contribution >= 0.6 is 0 Å². The van der Waals surface area contributed by atoms with Crippen LogP contribution in [-0.4, -0.2) is 48.9 Å². The number of nitrogens with zero attached hydrogens (tertiary/aromatic N) is 1. The summed E-state index contributed by atoms with van der Waals surface area (Å²) in [6.07, 6.45) is 1.02. The van der Waals surface area contributed by atoms with Gasteiger partial charge in [-0.05, 0) is 18.9 Å². The standard InChI is InChI=1S/C19H26N2O4/c1-13-7-9-15(10-8-13)16-11-21(12-17(16)20-14(2)22)18(23)5-4-6-19(24)25-3/h7-10,16-17H,4-6,11-12H2,1-3H3,(H,20,22)/t16-,17+/m0/s1. The van der Waals surface area contributed by atoms with Crippen LogP contribution in [0.5, 0.6) is 0 Å². The lowest BCUT2D eigenvalue weighted by molar-refractivity contribution is -0.141. The SMILES string of the molecule is COC(=O)CCCC(=O)N1C[C@@H](NC(C)=O)[C@H](c2ccc(C)cc2)C1. The number of carbonyl (C=O) groups is 3. The predicted octanol–water partition coefficient (Wildman–Crippen LogP) is 1.77. The number of likely N-dealkylation sites (tertiary alicyclic amines) is 1. The number of benzene rings is 1. The number of hydrogen-bond donors (Lipinski definition) is 1. The van der Waals surface area contributed by atoms with Crippen LogP contribution in [-0.2, 0) is 19.1 Å². The van der Waals surface area contributed by atoms with Crippen LogP contribution in [0.4, 0.5) is 0 Å². The molecule has 1 heterocycles. The molecule has 2 atom stereocenters. The van der Waals surface area contributed by atoms with Crippen molar-refractivity contribution in [2.45, 2.75) is 45.1 Å². The summed E-state index contributed by atoms with van der Waals surface area (Å²) in [5.74, 6) is -0.312. The molecule has 0 saturated carbocycles. The number of methoxy groups -OCH3 is 1. The topological polar surface area (TPSA) is 75.7 Å². The molecule has 1 N–H and O–H groups in total. The lowest BCUT2D eigenvalue weighted by Crippen LogP contribution is -2.39. The Hall–Kier alpha value is -2.37. The summed E-state index contributed by atoms with van der Waals surface area (Å²) in [7, 11) is 1.34. The molecule has 1 aromatic rings. The van der Waals surface area contributed by atoms with Gasteiger partial charge in [-0.2, -0.15) is 0 Å². The quantitative estimate of drug-likeness (QED) is 0.797. The first-order valence-electron chi connectivity index (χ1n) is 8.59. The van der Waals surface area contributed by atoms with Gasteiger partial charge in [0.2, 0.25) is 11.8 Å². The van der Waals surface area contributed by atoms with E-state index in [1.54, 1.807) is 4.90 Å². The summed E-state index contributed by atoms with van der Waals surface area (Å²) in [6.45, 7) is 4.59. The Labute approximate surface area is 148 Å². The highest BCUT2D eigenvalue weighted by atomic mass is 16.5. The van der Waals surface area contributed by atoms with E-state index in [0.29, 0.717) is 25.9 Å². The average Bonchev–Trinajstić information content (AvgIpc) is 2.98. The second-order valence-corrected chi connectivity index (χ2v) is 6.55. The minimum atomic E-state index is -0.303. The van der Waals surface area contributed by atoms with Crippen molar-refractivity contribution in [3.8, 4) is 0 Å². The number of aryl methyl sites for hydroxylation is 1. The average molecular weight is 346 g/mol. The summed E-state index contributed by atoms with van der Waals surface area (Å²) < 4.78 is 4.59. The van der Waals surface area contributed by atoms with E-state index in [1.165, 1.54) is 19.6 Å². The molecule has 0 bridgehead atoms. The molecule has 0 aromatic heterocycles. The van der Waals surface area contributed by atoms with Gasteiger partial charge < -0.3 is 15.0 Å². The Balaban J connectivity index is 2.02. The van der Waals surface area contributed by atoms with Gasteiger partial charge in [-0.25, -0.2) is 0 Å². The smallest absolute Gasteiger partial charge is 0.305 e. The van der Waals surface area contributed by atoms with E-state index in [9.17, 15) is 14.4 Å². The van der Waals surface area contributed by atoms with Crippen LogP contribution in [0.25, 0.3) is 0 Å². The van der Waals surface area contributed by atoms with E-state index in [2.05, 4.69) is 22.2 Å². The Morgan fingerprint density at radius 3 is 2.44 bits per heavy atom. The molecule has 0 unspecified atom stereocenters. The van der Waals surface area contributed by atoms with Crippen molar-refractivity contribution >= 4 is 17.8 Å². The van der Waals surface area contributed by atoms with E-state index >= 15 is 0 Å². The fourth-order valence-electron chi connectivity index (χ4n) is 3.21. The molecule has 1 saturated heterocycles. The molecule has 6 heteroatoms. The zero-order chi connectivity index (χ0) is 18.4. The molecule has 136 valence electrons. The van der Waals surface area contributed by atoms with Crippen LogP contribution < -0.4 is 5.32 Å². The third kappa shape index (κ3) is 5.31. The van der Waals surface area contributed by atoms with Crippen LogP contribution in [0.2, 0.25) is 0 Å². The maximum absolute atomic E-state index is 12.4. The van der Waals surface area contributed by atoms with E-state index in [0.717, 1.165) is 5.56 Å². The van der Waals surface area contributed by atoms with Crippen LogP contribution in [0, 0.1) is 6.92 Å². The Morgan fingerprint density at radius 2 is 1.84 bits per heavy atom. The van der Waals surface area contributed by atoms with Gasteiger partial charge in [0.25, 0.3) is 0 Å². The maximum atomic E-state index is 12.4. The molecule has 0 radical (unpaired) electrons. The first-order chi connectivity index (χ1) is 11.9. The zero-order valence-electron chi connectivity index (χ0n) is 15.1. The predicted molar refractivity (Wildman–Crippen MR) is 94.0 cm³/mol. The molecule has 1 aromatic carbocycles. The first-order valence-corrected chi connectivity index (χ1v) is 8.59. The fourth-order valence-corrected chi connectivity index (χ4v) is 3.21. The highest BCUT2D eigenvalue weighted by molar-refractivity contribution is 5.78. The second-order valence-electron chi connectivity index (χ2n) is 6.55. The zero-order valence-corrected chi connectivity index (χ0v) is 15.1. The van der Waals surface area contributed by atoms with Gasteiger partial charge in [0.05, 0.1) is 13.2 Å². The lowest BCUT2D eigenvalue weighted by Gasteiger charge is -2.19. The van der Waals surface area contributed by atoms with Crippen molar-refractivity contribution in [2.75, 3.05) is 20.2 Å². The highest BCUT2D eigenvalue weighted by Crippen LogP contribution is 2.28. The molecule has 6 nitrogen and oxygen atoms in total. The van der Waals surface area contributed by atoms with Gasteiger partial charge in [0.15, 0.2) is 0 Å². The molecule has 0 spiro atoms. The summed E-state index contributed by atoms with van der Waals surface area (Å²) in [5.41, 5.74) is 2.29. The summed E-state index contributed by atoms with van der Waals surface area (Å²) in [6, 6.07) is 8.10. The molecule has 2 amide bonds. The van der Waals surface area contributed by atoms with E-state index in [1.807, 2.05) is 19.1 Å². The Morgan fingerprint density at radius 1 is 1.16 bits per heavy atom. The molecular formula is C19H26N2O4. The largest absolute Gasteiger partial charge is 0.469 e. The highest BCUT2D eigenvalue weighted by Gasteiger charge is 2.36.